The molecule has 2 heterocycles. The molecule has 0 fully saturated rings. The maximum absolute atomic E-state index is 11.9. The molecule has 0 amide bonds. The van der Waals surface area contributed by atoms with Crippen molar-refractivity contribution in [2.75, 3.05) is 5.75 Å². The second-order valence-electron chi connectivity index (χ2n) is 3.01. The topological polar surface area (TPSA) is 54.5 Å². The van der Waals surface area contributed by atoms with Gasteiger partial charge in [-0.3, -0.25) is 0 Å². The van der Waals surface area contributed by atoms with Crippen LogP contribution in [0.2, 0.25) is 0 Å². The molecule has 0 unspecified atom stereocenters. The highest BCUT2D eigenvalue weighted by atomic mass is 32.2. The van der Waals surface area contributed by atoms with Crippen molar-refractivity contribution >= 4 is 22.9 Å². The minimum absolute atomic E-state index is 0.0839. The zero-order valence-electron chi connectivity index (χ0n) is 7.95. The van der Waals surface area contributed by atoms with Crippen molar-refractivity contribution < 1.29 is 13.2 Å². The molecule has 16 heavy (non-hydrogen) atoms. The number of thioether (sulfide) groups is 1. The maximum atomic E-state index is 11.9. The average molecular weight is 248 g/mol. The van der Waals surface area contributed by atoms with Crippen LogP contribution in [-0.2, 0) is 0 Å². The van der Waals surface area contributed by atoms with E-state index in [1.165, 1.54) is 12.5 Å². The third kappa shape index (κ3) is 2.84. The minimum Gasteiger partial charge on any atom is -0.342 e. The van der Waals surface area contributed by atoms with Gasteiger partial charge in [0.25, 0.3) is 0 Å². The largest absolute Gasteiger partial charge is 0.389 e. The average Bonchev–Trinajstić information content (AvgIpc) is 2.62. The van der Waals surface area contributed by atoms with E-state index in [-0.39, 0.29) is 5.75 Å². The second kappa shape index (κ2) is 4.28. The predicted molar refractivity (Wildman–Crippen MR) is 53.1 cm³/mol. The fourth-order valence-electron chi connectivity index (χ4n) is 1.05. The van der Waals surface area contributed by atoms with Crippen molar-refractivity contribution in [1.29, 1.82) is 0 Å². The van der Waals surface area contributed by atoms with Crippen molar-refractivity contribution in [3.63, 3.8) is 0 Å². The van der Waals surface area contributed by atoms with Gasteiger partial charge in [0.05, 0.1) is 18.9 Å². The molecule has 0 spiro atoms. The Bertz CT molecular complexity index is 481. The number of imidazole rings is 1. The number of hydrogen-bond acceptors (Lipinski definition) is 4. The smallest absolute Gasteiger partial charge is 0.342 e. The first-order valence-corrected chi connectivity index (χ1v) is 5.39. The molecule has 0 aliphatic carbocycles. The highest BCUT2D eigenvalue weighted by Gasteiger charge is 2.26. The summed E-state index contributed by atoms with van der Waals surface area (Å²) in [7, 11) is 0. The molecular weight excluding hydrogens is 241 g/mol. The van der Waals surface area contributed by atoms with Crippen LogP contribution >= 0.6 is 11.8 Å². The molecule has 0 aliphatic rings. The fourth-order valence-corrected chi connectivity index (χ4v) is 1.84. The Kier molecular flexibility index (Phi) is 2.99. The van der Waals surface area contributed by atoms with E-state index in [1.807, 2.05) is 0 Å². The van der Waals surface area contributed by atoms with Crippen molar-refractivity contribution in [2.24, 2.45) is 0 Å². The van der Waals surface area contributed by atoms with Gasteiger partial charge in [0.15, 0.2) is 10.8 Å². The molecule has 0 atom stereocenters. The van der Waals surface area contributed by atoms with Crippen LogP contribution in [-0.4, -0.2) is 31.9 Å². The summed E-state index contributed by atoms with van der Waals surface area (Å²) >= 11 is 0.969. The van der Waals surface area contributed by atoms with Gasteiger partial charge in [-0.1, -0.05) is 11.8 Å². The molecule has 0 aromatic carbocycles. The molecule has 1 N–H and O–H groups in total. The van der Waals surface area contributed by atoms with Crippen molar-refractivity contribution in [1.82, 2.24) is 19.9 Å². The standard InChI is InChI=1S/C8H7F3N4S/c9-8(10,11)1-2-16-7-12-3-5-6(15-7)14-4-13-5/h3-4H,1-2H2,(H,12,13,14,15). The molecule has 2 aromatic rings. The fraction of sp³-hybridized carbons (Fsp3) is 0.375. The highest BCUT2D eigenvalue weighted by molar-refractivity contribution is 7.99. The Labute approximate surface area is 92.7 Å². The molecule has 0 bridgehead atoms. The Hall–Kier alpha value is -1.31. The molecule has 2 aromatic heterocycles. The quantitative estimate of drug-likeness (QED) is 0.669. The summed E-state index contributed by atoms with van der Waals surface area (Å²) in [4.78, 5) is 14.6. The van der Waals surface area contributed by atoms with Gasteiger partial charge in [-0.05, 0) is 0 Å². The van der Waals surface area contributed by atoms with E-state index in [0.29, 0.717) is 16.3 Å². The molecule has 0 radical (unpaired) electrons. The summed E-state index contributed by atoms with van der Waals surface area (Å²) in [6, 6.07) is 0. The van der Waals surface area contributed by atoms with Gasteiger partial charge >= 0.3 is 6.18 Å². The van der Waals surface area contributed by atoms with E-state index in [9.17, 15) is 13.2 Å². The van der Waals surface area contributed by atoms with Crippen LogP contribution in [0.3, 0.4) is 0 Å². The van der Waals surface area contributed by atoms with Crippen molar-refractivity contribution in [3.8, 4) is 0 Å². The minimum atomic E-state index is -4.14. The Balaban J connectivity index is 1.99. The first-order valence-electron chi connectivity index (χ1n) is 4.40. The van der Waals surface area contributed by atoms with Gasteiger partial charge in [-0.15, -0.1) is 0 Å². The maximum Gasteiger partial charge on any atom is 0.389 e. The first-order chi connectivity index (χ1) is 7.54. The number of fused-ring (bicyclic) bond motifs is 1. The van der Waals surface area contributed by atoms with Crippen molar-refractivity contribution in [2.45, 2.75) is 17.8 Å². The van der Waals surface area contributed by atoms with E-state index in [0.717, 1.165) is 11.8 Å². The first kappa shape index (κ1) is 11.2. The molecule has 86 valence electrons. The summed E-state index contributed by atoms with van der Waals surface area (Å²) in [5.74, 6) is -0.0839. The van der Waals surface area contributed by atoms with Gasteiger partial charge in [-0.2, -0.15) is 13.2 Å². The third-order valence-corrected chi connectivity index (χ3v) is 2.63. The lowest BCUT2D eigenvalue weighted by molar-refractivity contribution is -0.129. The summed E-state index contributed by atoms with van der Waals surface area (Å²) in [5, 5.41) is 0.309. The molecule has 8 heteroatoms. The molecule has 0 saturated heterocycles. The lowest BCUT2D eigenvalue weighted by atomic mass is 10.5. The highest BCUT2D eigenvalue weighted by Crippen LogP contribution is 2.24. The van der Waals surface area contributed by atoms with E-state index < -0.39 is 12.6 Å². The number of nitrogens with one attached hydrogen (secondary N) is 1. The monoisotopic (exact) mass is 248 g/mol. The third-order valence-electron chi connectivity index (χ3n) is 1.77. The van der Waals surface area contributed by atoms with Gasteiger partial charge in [-0.25, -0.2) is 15.0 Å². The van der Waals surface area contributed by atoms with Crippen LogP contribution in [0.1, 0.15) is 6.42 Å². The number of nitrogens with zero attached hydrogens (tertiary/aromatic N) is 3. The molecule has 2 rings (SSSR count). The summed E-state index contributed by atoms with van der Waals surface area (Å²) < 4.78 is 35.7. The zero-order valence-corrected chi connectivity index (χ0v) is 8.77. The summed E-state index contributed by atoms with van der Waals surface area (Å²) in [6.45, 7) is 0. The van der Waals surface area contributed by atoms with E-state index in [2.05, 4.69) is 19.9 Å². The predicted octanol–water partition coefficient (Wildman–Crippen LogP) is 2.40. The summed E-state index contributed by atoms with van der Waals surface area (Å²) in [6.07, 6.45) is -2.02. The molecular formula is C8H7F3N4S. The van der Waals surface area contributed by atoms with Crippen LogP contribution in [0.4, 0.5) is 13.2 Å². The number of halogens is 3. The number of H-pyrrole nitrogens is 1. The van der Waals surface area contributed by atoms with E-state index in [4.69, 9.17) is 0 Å². The van der Waals surface area contributed by atoms with Crippen LogP contribution in [0, 0.1) is 0 Å². The Morgan fingerprint density at radius 1 is 1.31 bits per heavy atom. The molecule has 0 aliphatic heterocycles. The zero-order chi connectivity index (χ0) is 11.6. The number of hydrogen-bond donors (Lipinski definition) is 1. The van der Waals surface area contributed by atoms with Crippen LogP contribution in [0.25, 0.3) is 11.2 Å². The number of aromatic amines is 1. The van der Waals surface area contributed by atoms with Crippen LogP contribution < -0.4 is 0 Å². The van der Waals surface area contributed by atoms with Crippen molar-refractivity contribution in [3.05, 3.63) is 12.5 Å². The lowest BCUT2D eigenvalue weighted by Gasteiger charge is -2.04. The Morgan fingerprint density at radius 2 is 2.12 bits per heavy atom. The number of rotatable bonds is 3. The number of alkyl halides is 3. The molecule has 4 nitrogen and oxygen atoms in total. The molecule has 0 saturated carbocycles. The van der Waals surface area contributed by atoms with Crippen LogP contribution in [0.5, 0.6) is 0 Å². The lowest BCUT2D eigenvalue weighted by Crippen LogP contribution is -2.08. The van der Waals surface area contributed by atoms with E-state index in [1.54, 1.807) is 0 Å². The van der Waals surface area contributed by atoms with Gasteiger partial charge < -0.3 is 4.98 Å². The van der Waals surface area contributed by atoms with Gasteiger partial charge in [0, 0.05) is 5.75 Å². The number of aromatic nitrogens is 4. The normalized spacial score (nSPS) is 12.2. The van der Waals surface area contributed by atoms with E-state index >= 15 is 0 Å². The van der Waals surface area contributed by atoms with Gasteiger partial charge in [0.2, 0.25) is 0 Å². The Morgan fingerprint density at radius 3 is 2.88 bits per heavy atom. The van der Waals surface area contributed by atoms with Crippen LogP contribution in [0.15, 0.2) is 17.7 Å². The SMILES string of the molecule is FC(F)(F)CCSc1ncc2[nH]cnc2n1. The summed E-state index contributed by atoms with van der Waals surface area (Å²) in [5.41, 5.74) is 1.13. The van der Waals surface area contributed by atoms with Gasteiger partial charge in [0.1, 0.15) is 5.52 Å². The second-order valence-corrected chi connectivity index (χ2v) is 4.07.